The number of β-amino-alcohol motifs (C(OH)–C–C–N with tert-alkyl or cyclic N) is 1. The van der Waals surface area contributed by atoms with Gasteiger partial charge in [-0.05, 0) is 61.1 Å². The molecule has 5 rings (SSSR count). The summed E-state index contributed by atoms with van der Waals surface area (Å²) in [7, 11) is 0. The van der Waals surface area contributed by atoms with E-state index >= 15 is 0 Å². The summed E-state index contributed by atoms with van der Waals surface area (Å²) in [6.45, 7) is 7.28. The topological polar surface area (TPSA) is 54.4 Å². The molecule has 1 saturated heterocycles. The molecule has 1 aromatic rings. The summed E-state index contributed by atoms with van der Waals surface area (Å²) in [5.41, 5.74) is 1.26. The molecule has 0 spiro atoms. The highest BCUT2D eigenvalue weighted by atomic mass is 16.7. The van der Waals surface area contributed by atoms with Crippen LogP contribution in [-0.4, -0.2) is 73.7 Å². The molecule has 2 bridgehead atoms. The Morgan fingerprint density at radius 3 is 2.67 bits per heavy atom. The summed E-state index contributed by atoms with van der Waals surface area (Å²) in [6, 6.07) is 6.21. The average Bonchev–Trinajstić information content (AvgIpc) is 3.49. The van der Waals surface area contributed by atoms with Crippen molar-refractivity contribution in [1.82, 2.24) is 9.80 Å². The number of hydrogen-bond donors (Lipinski definition) is 1. The van der Waals surface area contributed by atoms with Crippen LogP contribution in [0.2, 0.25) is 0 Å². The lowest BCUT2D eigenvalue weighted by Crippen LogP contribution is -2.48. The summed E-state index contributed by atoms with van der Waals surface area (Å²) in [5, 5.41) is 10.4. The van der Waals surface area contributed by atoms with E-state index in [1.54, 1.807) is 0 Å². The van der Waals surface area contributed by atoms with Crippen LogP contribution in [0.1, 0.15) is 37.7 Å². The van der Waals surface area contributed by atoms with Crippen molar-refractivity contribution in [1.29, 1.82) is 0 Å². The summed E-state index contributed by atoms with van der Waals surface area (Å²) >= 11 is 0. The zero-order chi connectivity index (χ0) is 20.3. The van der Waals surface area contributed by atoms with E-state index in [-0.39, 0.29) is 6.10 Å². The Balaban J connectivity index is 0.960. The minimum absolute atomic E-state index is 0.324. The van der Waals surface area contributed by atoms with Crippen molar-refractivity contribution >= 4 is 0 Å². The van der Waals surface area contributed by atoms with E-state index < -0.39 is 0 Å². The van der Waals surface area contributed by atoms with Gasteiger partial charge in [0.15, 0.2) is 11.5 Å². The van der Waals surface area contributed by atoms with Crippen molar-refractivity contribution in [3.05, 3.63) is 23.8 Å². The standard InChI is InChI=1S/C24H36N2O4/c27-22(16-28-10-5-21-12-18-1-3-20(21)11-18)15-26-8-6-25(7-9-26)14-19-2-4-23-24(13-19)30-17-29-23/h2,4,13,18,20-22,27H,1,3,5-12,14-17H2/t18-,20-,21-,22+/m1/s1. The molecule has 0 aromatic heterocycles. The maximum absolute atomic E-state index is 10.4. The maximum atomic E-state index is 10.4. The van der Waals surface area contributed by atoms with Crippen molar-refractivity contribution in [2.75, 3.05) is 52.7 Å². The second-order valence-corrected chi connectivity index (χ2v) is 9.72. The maximum Gasteiger partial charge on any atom is 0.231 e. The van der Waals surface area contributed by atoms with Crippen LogP contribution in [0, 0.1) is 17.8 Å². The highest BCUT2D eigenvalue weighted by Crippen LogP contribution is 2.49. The number of fused-ring (bicyclic) bond motifs is 3. The lowest BCUT2D eigenvalue weighted by atomic mass is 9.87. The second kappa shape index (κ2) is 9.43. The van der Waals surface area contributed by atoms with E-state index in [9.17, 15) is 5.11 Å². The van der Waals surface area contributed by atoms with Crippen LogP contribution < -0.4 is 9.47 Å². The summed E-state index contributed by atoms with van der Waals surface area (Å²) in [4.78, 5) is 4.83. The van der Waals surface area contributed by atoms with Gasteiger partial charge in [-0.15, -0.1) is 0 Å². The Morgan fingerprint density at radius 2 is 1.87 bits per heavy atom. The third-order valence-corrected chi connectivity index (χ3v) is 7.60. The number of rotatable bonds is 9. The molecule has 0 unspecified atom stereocenters. The summed E-state index contributed by atoms with van der Waals surface area (Å²) in [6.07, 6.45) is 6.60. The SMILES string of the molecule is O[C@H](COCC[C@@H]1C[C@@H]2CC[C@@H]1C2)CN1CCN(Cc2ccc3c(c2)OCO3)CC1. The molecule has 30 heavy (non-hydrogen) atoms. The predicted octanol–water partition coefficient (Wildman–Crippen LogP) is 2.74. The second-order valence-electron chi connectivity index (χ2n) is 9.72. The van der Waals surface area contributed by atoms with Crippen LogP contribution in [0.15, 0.2) is 18.2 Å². The first kappa shape index (κ1) is 20.6. The van der Waals surface area contributed by atoms with Gasteiger partial charge in [0.05, 0.1) is 12.7 Å². The number of benzene rings is 1. The molecule has 166 valence electrons. The van der Waals surface area contributed by atoms with Gasteiger partial charge in [0.1, 0.15) is 0 Å². The average molecular weight is 417 g/mol. The fourth-order valence-corrected chi connectivity index (χ4v) is 5.96. The monoisotopic (exact) mass is 416 g/mol. The molecule has 4 aliphatic rings. The zero-order valence-electron chi connectivity index (χ0n) is 18.0. The van der Waals surface area contributed by atoms with E-state index in [1.165, 1.54) is 37.7 Å². The minimum Gasteiger partial charge on any atom is -0.454 e. The summed E-state index contributed by atoms with van der Waals surface area (Å²) in [5.74, 6) is 4.57. The van der Waals surface area contributed by atoms with Crippen molar-refractivity contribution in [2.45, 2.75) is 44.8 Å². The van der Waals surface area contributed by atoms with Crippen LogP contribution in [-0.2, 0) is 11.3 Å². The quantitative estimate of drug-likeness (QED) is 0.625. The molecule has 2 heterocycles. The molecule has 1 N–H and O–H groups in total. The molecule has 6 heteroatoms. The molecule has 1 aromatic carbocycles. The Bertz CT molecular complexity index is 706. The fourth-order valence-electron chi connectivity index (χ4n) is 5.96. The zero-order valence-corrected chi connectivity index (χ0v) is 18.0. The fraction of sp³-hybridized carbons (Fsp3) is 0.750. The first-order valence-electron chi connectivity index (χ1n) is 11.8. The van der Waals surface area contributed by atoms with E-state index in [4.69, 9.17) is 14.2 Å². The van der Waals surface area contributed by atoms with Gasteiger partial charge < -0.3 is 19.3 Å². The predicted molar refractivity (Wildman–Crippen MR) is 115 cm³/mol. The largest absolute Gasteiger partial charge is 0.454 e. The highest BCUT2D eigenvalue weighted by Gasteiger charge is 2.38. The summed E-state index contributed by atoms with van der Waals surface area (Å²) < 4.78 is 16.7. The van der Waals surface area contributed by atoms with Crippen LogP contribution in [0.5, 0.6) is 11.5 Å². The Hall–Kier alpha value is -1.34. The first-order chi connectivity index (χ1) is 14.7. The number of ether oxygens (including phenoxy) is 3. The van der Waals surface area contributed by atoms with E-state index in [1.807, 2.05) is 6.07 Å². The molecule has 0 amide bonds. The van der Waals surface area contributed by atoms with Crippen molar-refractivity contribution in [3.8, 4) is 11.5 Å². The first-order valence-corrected chi connectivity index (χ1v) is 11.8. The van der Waals surface area contributed by atoms with Crippen LogP contribution >= 0.6 is 0 Å². The van der Waals surface area contributed by atoms with Gasteiger partial charge in [-0.1, -0.05) is 12.5 Å². The van der Waals surface area contributed by atoms with Crippen molar-refractivity contribution < 1.29 is 19.3 Å². The van der Waals surface area contributed by atoms with Crippen LogP contribution in [0.3, 0.4) is 0 Å². The normalized spacial score (nSPS) is 29.6. The number of piperazine rings is 1. The van der Waals surface area contributed by atoms with Gasteiger partial charge in [0, 0.05) is 45.9 Å². The van der Waals surface area contributed by atoms with Crippen molar-refractivity contribution in [2.24, 2.45) is 17.8 Å². The third kappa shape index (κ3) is 4.93. The molecule has 6 nitrogen and oxygen atoms in total. The molecule has 3 fully saturated rings. The van der Waals surface area contributed by atoms with E-state index in [2.05, 4.69) is 21.9 Å². The Morgan fingerprint density at radius 1 is 1.03 bits per heavy atom. The molecule has 0 radical (unpaired) electrons. The Kier molecular flexibility index (Phi) is 6.46. The Labute approximate surface area is 180 Å². The molecule has 2 aliphatic carbocycles. The third-order valence-electron chi connectivity index (χ3n) is 7.60. The van der Waals surface area contributed by atoms with E-state index in [0.29, 0.717) is 19.9 Å². The lowest BCUT2D eigenvalue weighted by molar-refractivity contribution is 0.00187. The minimum atomic E-state index is -0.384. The highest BCUT2D eigenvalue weighted by molar-refractivity contribution is 5.44. The van der Waals surface area contributed by atoms with Gasteiger partial charge in [-0.25, -0.2) is 0 Å². The molecular weight excluding hydrogens is 380 g/mol. The van der Waals surface area contributed by atoms with Gasteiger partial charge in [0.25, 0.3) is 0 Å². The van der Waals surface area contributed by atoms with Gasteiger partial charge >= 0.3 is 0 Å². The molecule has 2 aliphatic heterocycles. The number of nitrogens with zero attached hydrogens (tertiary/aromatic N) is 2. The number of hydrogen-bond acceptors (Lipinski definition) is 6. The lowest BCUT2D eigenvalue weighted by Gasteiger charge is -2.35. The van der Waals surface area contributed by atoms with Crippen molar-refractivity contribution in [3.63, 3.8) is 0 Å². The number of aliphatic hydroxyl groups is 1. The number of aliphatic hydroxyl groups excluding tert-OH is 1. The van der Waals surface area contributed by atoms with Crippen LogP contribution in [0.25, 0.3) is 0 Å². The van der Waals surface area contributed by atoms with Gasteiger partial charge in [-0.2, -0.15) is 0 Å². The van der Waals surface area contributed by atoms with Gasteiger partial charge in [-0.3, -0.25) is 9.80 Å². The smallest absolute Gasteiger partial charge is 0.231 e. The van der Waals surface area contributed by atoms with E-state index in [0.717, 1.165) is 68.6 Å². The molecule has 2 saturated carbocycles. The molecule has 4 atom stereocenters. The molecular formula is C24H36N2O4. The van der Waals surface area contributed by atoms with Crippen LogP contribution in [0.4, 0.5) is 0 Å². The van der Waals surface area contributed by atoms with Gasteiger partial charge in [0.2, 0.25) is 6.79 Å².